The molecule has 118 valence electrons. The Balaban J connectivity index is 2.25. The van der Waals surface area contributed by atoms with E-state index in [0.717, 1.165) is 29.4 Å². The van der Waals surface area contributed by atoms with Gasteiger partial charge in [-0.2, -0.15) is 0 Å². The van der Waals surface area contributed by atoms with Crippen LogP contribution in [0, 0.1) is 0 Å². The highest BCUT2D eigenvalue weighted by Crippen LogP contribution is 2.22. The number of carbonyl (C=O) groups excluding carboxylic acids is 1. The Morgan fingerprint density at radius 2 is 1.95 bits per heavy atom. The third-order valence-corrected chi connectivity index (χ3v) is 3.73. The summed E-state index contributed by atoms with van der Waals surface area (Å²) in [6.45, 7) is 5.07. The number of para-hydroxylation sites is 1. The molecule has 1 N–H and O–H groups in total. The van der Waals surface area contributed by atoms with Crippen molar-refractivity contribution >= 4 is 22.8 Å². The summed E-state index contributed by atoms with van der Waals surface area (Å²) in [6, 6.07) is 7.98. The average molecular weight is 302 g/mol. The van der Waals surface area contributed by atoms with Gasteiger partial charge in [0.15, 0.2) is 0 Å². The van der Waals surface area contributed by atoms with E-state index in [2.05, 4.69) is 11.5 Å². The first-order valence-corrected chi connectivity index (χ1v) is 7.63. The van der Waals surface area contributed by atoms with Crippen LogP contribution in [0.5, 0.6) is 0 Å². The normalized spacial score (nSPS) is 10.8. The number of benzene rings is 1. The Bertz CT molecular complexity index is 676. The Morgan fingerprint density at radius 1 is 1.23 bits per heavy atom. The monoisotopic (exact) mass is 302 g/mol. The molecule has 0 fully saturated rings. The highest BCUT2D eigenvalue weighted by atomic mass is 16.4. The van der Waals surface area contributed by atoms with E-state index < -0.39 is 5.97 Å². The van der Waals surface area contributed by atoms with Crippen LogP contribution in [0.15, 0.2) is 30.5 Å². The third-order valence-electron chi connectivity index (χ3n) is 3.73. The standard InChI is InChI=1S/C17H22N2O3/c1-3-9-19(12-17(21)22)16(20)10-13-11-18(4-2)15-8-6-5-7-14(13)15/h5-8,11H,3-4,9-10,12H2,1-2H3,(H,21,22). The maximum atomic E-state index is 12.4. The van der Waals surface area contributed by atoms with Crippen molar-refractivity contribution in [1.82, 2.24) is 9.47 Å². The molecule has 0 aliphatic rings. The number of nitrogens with zero attached hydrogens (tertiary/aromatic N) is 2. The van der Waals surface area contributed by atoms with Crippen molar-refractivity contribution in [3.63, 3.8) is 0 Å². The minimum Gasteiger partial charge on any atom is -0.480 e. The second kappa shape index (κ2) is 7.11. The predicted molar refractivity (Wildman–Crippen MR) is 85.8 cm³/mol. The highest BCUT2D eigenvalue weighted by Gasteiger charge is 2.18. The van der Waals surface area contributed by atoms with Crippen LogP contribution in [0.1, 0.15) is 25.8 Å². The van der Waals surface area contributed by atoms with Crippen molar-refractivity contribution in [1.29, 1.82) is 0 Å². The topological polar surface area (TPSA) is 62.5 Å². The quantitative estimate of drug-likeness (QED) is 0.855. The molecule has 5 heteroatoms. The molecule has 5 nitrogen and oxygen atoms in total. The van der Waals surface area contributed by atoms with Crippen LogP contribution < -0.4 is 0 Å². The molecule has 2 aromatic rings. The SMILES string of the molecule is CCCN(CC(=O)O)C(=O)Cc1cn(CC)c2ccccc12. The van der Waals surface area contributed by atoms with E-state index >= 15 is 0 Å². The van der Waals surface area contributed by atoms with Gasteiger partial charge < -0.3 is 14.6 Å². The maximum absolute atomic E-state index is 12.4. The smallest absolute Gasteiger partial charge is 0.323 e. The van der Waals surface area contributed by atoms with Crippen LogP contribution in [0.3, 0.4) is 0 Å². The van der Waals surface area contributed by atoms with Crippen LogP contribution in [-0.2, 0) is 22.6 Å². The lowest BCUT2D eigenvalue weighted by atomic mass is 10.1. The third kappa shape index (κ3) is 3.47. The van der Waals surface area contributed by atoms with Crippen molar-refractivity contribution in [3.8, 4) is 0 Å². The molecule has 0 atom stereocenters. The van der Waals surface area contributed by atoms with Crippen molar-refractivity contribution in [2.45, 2.75) is 33.2 Å². The summed E-state index contributed by atoms with van der Waals surface area (Å²) in [5.74, 6) is -1.11. The number of hydrogen-bond donors (Lipinski definition) is 1. The van der Waals surface area contributed by atoms with Gasteiger partial charge in [-0.25, -0.2) is 0 Å². The second-order valence-electron chi connectivity index (χ2n) is 5.34. The summed E-state index contributed by atoms with van der Waals surface area (Å²) in [4.78, 5) is 24.8. The summed E-state index contributed by atoms with van der Waals surface area (Å²) in [5.41, 5.74) is 2.06. The number of fused-ring (bicyclic) bond motifs is 1. The minimum atomic E-state index is -0.974. The van der Waals surface area contributed by atoms with Gasteiger partial charge in [0.2, 0.25) is 5.91 Å². The van der Waals surface area contributed by atoms with Gasteiger partial charge in [0.25, 0.3) is 0 Å². The molecule has 0 unspecified atom stereocenters. The van der Waals surface area contributed by atoms with Gasteiger partial charge >= 0.3 is 5.97 Å². The molecule has 0 radical (unpaired) electrons. The number of carboxylic acids is 1. The molecule has 0 bridgehead atoms. The van der Waals surface area contributed by atoms with E-state index in [1.54, 1.807) is 0 Å². The lowest BCUT2D eigenvalue weighted by molar-refractivity contribution is -0.144. The second-order valence-corrected chi connectivity index (χ2v) is 5.34. The van der Waals surface area contributed by atoms with E-state index in [0.29, 0.717) is 6.54 Å². The minimum absolute atomic E-state index is 0.136. The fourth-order valence-electron chi connectivity index (χ4n) is 2.73. The summed E-state index contributed by atoms with van der Waals surface area (Å²) in [6.07, 6.45) is 2.98. The number of aryl methyl sites for hydroxylation is 1. The zero-order valence-corrected chi connectivity index (χ0v) is 13.1. The fraction of sp³-hybridized carbons (Fsp3) is 0.412. The van der Waals surface area contributed by atoms with Crippen LogP contribution in [0.2, 0.25) is 0 Å². The molecule has 0 spiro atoms. The van der Waals surface area contributed by atoms with Gasteiger partial charge in [0, 0.05) is 30.2 Å². The zero-order chi connectivity index (χ0) is 16.1. The van der Waals surface area contributed by atoms with Crippen molar-refractivity contribution in [3.05, 3.63) is 36.0 Å². The predicted octanol–water partition coefficient (Wildman–Crippen LogP) is 2.53. The Hall–Kier alpha value is -2.30. The molecule has 0 saturated carbocycles. The molecule has 22 heavy (non-hydrogen) atoms. The molecule has 2 rings (SSSR count). The molecular weight excluding hydrogens is 280 g/mol. The van der Waals surface area contributed by atoms with Crippen molar-refractivity contribution < 1.29 is 14.7 Å². The van der Waals surface area contributed by atoms with Gasteiger partial charge in [-0.15, -0.1) is 0 Å². The number of hydrogen-bond acceptors (Lipinski definition) is 2. The molecular formula is C17H22N2O3. The lowest BCUT2D eigenvalue weighted by Crippen LogP contribution is -2.37. The van der Waals surface area contributed by atoms with E-state index in [1.807, 2.05) is 37.4 Å². The largest absolute Gasteiger partial charge is 0.480 e. The molecule has 1 amide bonds. The van der Waals surface area contributed by atoms with Crippen molar-refractivity contribution in [2.24, 2.45) is 0 Å². The number of carboxylic acid groups (broad SMARTS) is 1. The molecule has 1 aromatic heterocycles. The van der Waals surface area contributed by atoms with Gasteiger partial charge in [0.05, 0.1) is 6.42 Å². The Labute approximate surface area is 130 Å². The average Bonchev–Trinajstić information content (AvgIpc) is 2.84. The van der Waals surface area contributed by atoms with Crippen LogP contribution in [0.4, 0.5) is 0 Å². The molecule has 1 aromatic carbocycles. The van der Waals surface area contributed by atoms with Crippen LogP contribution >= 0.6 is 0 Å². The highest BCUT2D eigenvalue weighted by molar-refractivity contribution is 5.90. The van der Waals surface area contributed by atoms with Gasteiger partial charge in [-0.1, -0.05) is 25.1 Å². The number of carbonyl (C=O) groups is 2. The summed E-state index contributed by atoms with van der Waals surface area (Å²) in [5, 5.41) is 10.0. The van der Waals surface area contributed by atoms with E-state index in [4.69, 9.17) is 5.11 Å². The summed E-state index contributed by atoms with van der Waals surface area (Å²) < 4.78 is 2.11. The first kappa shape index (κ1) is 16.1. The molecule has 0 aliphatic heterocycles. The number of aromatic nitrogens is 1. The summed E-state index contributed by atoms with van der Waals surface area (Å²) >= 11 is 0. The number of aliphatic carboxylic acids is 1. The maximum Gasteiger partial charge on any atom is 0.323 e. The zero-order valence-electron chi connectivity index (χ0n) is 13.1. The van der Waals surface area contributed by atoms with E-state index in [1.165, 1.54) is 4.90 Å². The first-order chi connectivity index (χ1) is 10.6. The van der Waals surface area contributed by atoms with Gasteiger partial charge in [-0.05, 0) is 25.0 Å². The Kier molecular flexibility index (Phi) is 5.20. The number of rotatable bonds is 7. The van der Waals surface area contributed by atoms with E-state index in [-0.39, 0.29) is 18.9 Å². The van der Waals surface area contributed by atoms with Gasteiger partial charge in [0.1, 0.15) is 6.54 Å². The lowest BCUT2D eigenvalue weighted by Gasteiger charge is -2.19. The summed E-state index contributed by atoms with van der Waals surface area (Å²) in [7, 11) is 0. The fourth-order valence-corrected chi connectivity index (χ4v) is 2.73. The van der Waals surface area contributed by atoms with Gasteiger partial charge in [-0.3, -0.25) is 9.59 Å². The molecule has 0 aliphatic carbocycles. The molecule has 1 heterocycles. The van der Waals surface area contributed by atoms with Crippen LogP contribution in [-0.4, -0.2) is 39.5 Å². The number of amides is 1. The van der Waals surface area contributed by atoms with E-state index in [9.17, 15) is 9.59 Å². The van der Waals surface area contributed by atoms with Crippen molar-refractivity contribution in [2.75, 3.05) is 13.1 Å². The first-order valence-electron chi connectivity index (χ1n) is 7.63. The molecule has 0 saturated heterocycles. The Morgan fingerprint density at radius 3 is 2.59 bits per heavy atom. The van der Waals surface area contributed by atoms with Crippen LogP contribution in [0.25, 0.3) is 10.9 Å².